The molecule has 0 aromatic heterocycles. The Kier molecular flexibility index (Phi) is 6.46. The molecule has 0 saturated carbocycles. The molecule has 0 fully saturated rings. The van der Waals surface area contributed by atoms with Gasteiger partial charge in [0.15, 0.2) is 0 Å². The van der Waals surface area contributed by atoms with Crippen molar-refractivity contribution in [2.75, 3.05) is 6.61 Å². The van der Waals surface area contributed by atoms with Crippen molar-refractivity contribution in [2.24, 2.45) is 5.11 Å². The van der Waals surface area contributed by atoms with Crippen molar-refractivity contribution >= 4 is 17.5 Å². The Morgan fingerprint density at radius 1 is 1.32 bits per heavy atom. The first kappa shape index (κ1) is 17.1. The predicted molar refractivity (Wildman–Crippen MR) is 74.6 cm³/mol. The number of ether oxygens (including phenoxy) is 1. The van der Waals surface area contributed by atoms with E-state index in [1.165, 1.54) is 19.1 Å². The van der Waals surface area contributed by atoms with Crippen LogP contribution in [0.2, 0.25) is 0 Å². The van der Waals surface area contributed by atoms with Crippen LogP contribution < -0.4 is 0 Å². The van der Waals surface area contributed by atoms with E-state index in [0.29, 0.717) is 5.56 Å². The molecular weight excluding hydrogens is 290 g/mol. The minimum atomic E-state index is -1.66. The van der Waals surface area contributed by atoms with Gasteiger partial charge in [-0.25, -0.2) is 4.79 Å². The second-order valence-electron chi connectivity index (χ2n) is 4.04. The van der Waals surface area contributed by atoms with Crippen molar-refractivity contribution in [3.63, 3.8) is 0 Å². The van der Waals surface area contributed by atoms with Gasteiger partial charge < -0.3 is 15.4 Å². The number of rotatable bonds is 7. The Hall–Kier alpha value is -2.99. The summed E-state index contributed by atoms with van der Waals surface area (Å²) in [6.07, 6.45) is -1.50. The average Bonchev–Trinajstić information content (AvgIpc) is 2.53. The SMILES string of the molecule is CCOC(=O)C(=[N+]=[N-])C(=O)C(N=[N+]=[N-])C(O)c1ccccc1. The average molecular weight is 303 g/mol. The monoisotopic (exact) mass is 303 g/mol. The van der Waals surface area contributed by atoms with Crippen LogP contribution in [0.15, 0.2) is 35.4 Å². The van der Waals surface area contributed by atoms with Crippen LogP contribution in [0.25, 0.3) is 16.0 Å². The summed E-state index contributed by atoms with van der Waals surface area (Å²) >= 11 is 0. The first-order valence-corrected chi connectivity index (χ1v) is 6.27. The zero-order valence-corrected chi connectivity index (χ0v) is 11.7. The van der Waals surface area contributed by atoms with Gasteiger partial charge in [0.2, 0.25) is 0 Å². The molecule has 1 N–H and O–H groups in total. The van der Waals surface area contributed by atoms with Crippen molar-refractivity contribution in [3.8, 4) is 0 Å². The van der Waals surface area contributed by atoms with E-state index in [2.05, 4.69) is 19.6 Å². The van der Waals surface area contributed by atoms with E-state index in [1.54, 1.807) is 18.2 Å². The lowest BCUT2D eigenvalue weighted by atomic mass is 9.97. The third kappa shape index (κ3) is 4.00. The fraction of sp³-hybridized carbons (Fsp3) is 0.308. The number of carbonyl (C=O) groups is 2. The molecule has 1 rings (SSSR count). The topological polar surface area (TPSA) is 149 Å². The van der Waals surface area contributed by atoms with Crippen LogP contribution in [0.1, 0.15) is 18.6 Å². The molecule has 22 heavy (non-hydrogen) atoms. The molecule has 9 nitrogen and oxygen atoms in total. The van der Waals surface area contributed by atoms with Gasteiger partial charge in [0.25, 0.3) is 5.78 Å². The summed E-state index contributed by atoms with van der Waals surface area (Å²) in [6, 6.07) is 6.28. The molecule has 2 unspecified atom stereocenters. The lowest BCUT2D eigenvalue weighted by molar-refractivity contribution is -0.142. The molecule has 0 bridgehead atoms. The van der Waals surface area contributed by atoms with E-state index in [1.807, 2.05) is 0 Å². The van der Waals surface area contributed by atoms with Crippen LogP contribution in [0.4, 0.5) is 0 Å². The predicted octanol–water partition coefficient (Wildman–Crippen LogP) is 1.20. The fourth-order valence-electron chi connectivity index (χ4n) is 1.68. The highest BCUT2D eigenvalue weighted by Crippen LogP contribution is 2.20. The van der Waals surface area contributed by atoms with Crippen molar-refractivity contribution in [1.29, 1.82) is 0 Å². The van der Waals surface area contributed by atoms with Gasteiger partial charge in [0.1, 0.15) is 6.04 Å². The van der Waals surface area contributed by atoms with Crippen LogP contribution in [-0.2, 0) is 14.3 Å². The number of aliphatic hydroxyl groups is 1. The molecular formula is C13H13N5O4. The van der Waals surface area contributed by atoms with Gasteiger partial charge in [-0.1, -0.05) is 35.4 Å². The quantitative estimate of drug-likeness (QED) is 0.201. The number of esters is 1. The van der Waals surface area contributed by atoms with E-state index in [0.717, 1.165) is 0 Å². The molecule has 1 aromatic rings. The number of ketones is 1. The normalized spacial score (nSPS) is 12.3. The zero-order chi connectivity index (χ0) is 16.5. The van der Waals surface area contributed by atoms with Gasteiger partial charge in [0.05, 0.1) is 12.7 Å². The Morgan fingerprint density at radius 2 is 1.95 bits per heavy atom. The highest BCUT2D eigenvalue weighted by atomic mass is 16.5. The minimum Gasteiger partial charge on any atom is -0.457 e. The van der Waals surface area contributed by atoms with Crippen LogP contribution >= 0.6 is 0 Å². The molecule has 0 saturated heterocycles. The Balaban J connectivity index is 3.14. The third-order valence-electron chi connectivity index (χ3n) is 2.69. The van der Waals surface area contributed by atoms with Crippen molar-refractivity contribution in [3.05, 3.63) is 51.9 Å². The Morgan fingerprint density at radius 3 is 2.45 bits per heavy atom. The Labute approximate surface area is 125 Å². The van der Waals surface area contributed by atoms with Crippen LogP contribution in [0.5, 0.6) is 0 Å². The molecule has 0 aliphatic heterocycles. The fourth-order valence-corrected chi connectivity index (χ4v) is 1.68. The molecule has 0 heterocycles. The van der Waals surface area contributed by atoms with Gasteiger partial charge in [-0.05, 0) is 18.0 Å². The number of benzene rings is 1. The highest BCUT2D eigenvalue weighted by molar-refractivity contribution is 6.63. The molecule has 0 aliphatic rings. The van der Waals surface area contributed by atoms with Crippen molar-refractivity contribution in [2.45, 2.75) is 19.1 Å². The van der Waals surface area contributed by atoms with Crippen molar-refractivity contribution < 1.29 is 24.2 Å². The molecule has 1 aromatic carbocycles. The van der Waals surface area contributed by atoms with Gasteiger partial charge in [0, 0.05) is 4.91 Å². The second-order valence-corrected chi connectivity index (χ2v) is 4.04. The first-order valence-electron chi connectivity index (χ1n) is 6.27. The molecule has 0 spiro atoms. The maximum absolute atomic E-state index is 12.2. The summed E-state index contributed by atoms with van der Waals surface area (Å²) in [6.45, 7) is 1.46. The molecule has 114 valence electrons. The Bertz CT molecular complexity index is 648. The maximum atomic E-state index is 12.2. The summed E-state index contributed by atoms with van der Waals surface area (Å²) in [7, 11) is 0. The smallest absolute Gasteiger partial charge is 0.442 e. The third-order valence-corrected chi connectivity index (χ3v) is 2.69. The van der Waals surface area contributed by atoms with Crippen LogP contribution in [0.3, 0.4) is 0 Å². The van der Waals surface area contributed by atoms with Crippen LogP contribution in [-0.4, -0.2) is 40.0 Å². The van der Waals surface area contributed by atoms with Crippen molar-refractivity contribution in [1.82, 2.24) is 0 Å². The van der Waals surface area contributed by atoms with Gasteiger partial charge in [-0.3, -0.25) is 4.79 Å². The standard InChI is InChI=1S/C13H13N5O4/c1-2-22-13(21)10(16-14)12(20)9(17-18-15)11(19)8-6-4-3-5-7-8/h3-7,9,11,19H,2H2,1H3. The number of hydrogen-bond acceptors (Lipinski definition) is 5. The second kappa shape index (κ2) is 8.33. The van der Waals surface area contributed by atoms with E-state index in [-0.39, 0.29) is 6.61 Å². The lowest BCUT2D eigenvalue weighted by Crippen LogP contribution is -2.38. The van der Waals surface area contributed by atoms with Crippen LogP contribution in [0, 0.1) is 0 Å². The molecule has 9 heteroatoms. The lowest BCUT2D eigenvalue weighted by Gasteiger charge is -2.15. The van der Waals surface area contributed by atoms with E-state index in [4.69, 9.17) is 11.1 Å². The van der Waals surface area contributed by atoms with E-state index < -0.39 is 29.6 Å². The summed E-state index contributed by atoms with van der Waals surface area (Å²) in [5, 5.41) is 13.4. The zero-order valence-electron chi connectivity index (χ0n) is 11.7. The van der Waals surface area contributed by atoms with E-state index in [9.17, 15) is 14.7 Å². The first-order chi connectivity index (χ1) is 10.6. The minimum absolute atomic E-state index is 0.0431. The summed E-state index contributed by atoms with van der Waals surface area (Å²) < 4.78 is 4.56. The van der Waals surface area contributed by atoms with Gasteiger partial charge in [-0.2, -0.15) is 4.79 Å². The highest BCUT2D eigenvalue weighted by Gasteiger charge is 2.40. The molecule has 0 amide bonds. The number of Topliss-reactive ketones (excluding diaryl/α,β-unsaturated/α-hetero) is 1. The molecule has 2 atom stereocenters. The number of aliphatic hydroxyl groups excluding tert-OH is 1. The summed E-state index contributed by atoms with van der Waals surface area (Å²) in [4.78, 5) is 28.8. The molecule has 0 radical (unpaired) electrons. The van der Waals surface area contributed by atoms with Gasteiger partial charge >= 0.3 is 11.7 Å². The van der Waals surface area contributed by atoms with E-state index >= 15 is 0 Å². The number of hydrogen-bond donors (Lipinski definition) is 1. The largest absolute Gasteiger partial charge is 0.457 e. The summed E-state index contributed by atoms with van der Waals surface area (Å²) in [5.74, 6) is -2.32. The number of nitrogens with zero attached hydrogens (tertiary/aromatic N) is 5. The van der Waals surface area contributed by atoms with Gasteiger partial charge in [-0.15, -0.1) is 0 Å². The molecule has 0 aliphatic carbocycles. The number of carbonyl (C=O) groups excluding carboxylic acids is 2. The maximum Gasteiger partial charge on any atom is 0.442 e. The summed E-state index contributed by atoms with van der Waals surface area (Å²) in [5.41, 5.74) is 16.7. The number of azide groups is 1.